The van der Waals surface area contributed by atoms with E-state index in [-0.39, 0.29) is 5.69 Å². The van der Waals surface area contributed by atoms with Crippen LogP contribution in [0.1, 0.15) is 23.8 Å². The number of rotatable bonds is 4. The molecular weight excluding hydrogens is 218 g/mol. The summed E-state index contributed by atoms with van der Waals surface area (Å²) >= 11 is 0. The molecule has 2 rings (SSSR count). The van der Waals surface area contributed by atoms with E-state index in [0.717, 1.165) is 11.8 Å². The molecule has 0 amide bonds. The maximum Gasteiger partial charge on any atom is 0.354 e. The molecule has 0 aliphatic heterocycles. The number of ether oxygens (including phenoxy) is 1. The van der Waals surface area contributed by atoms with Crippen molar-refractivity contribution in [3.05, 3.63) is 36.0 Å². The van der Waals surface area contributed by atoms with Crippen LogP contribution in [0.3, 0.4) is 0 Å². The predicted octanol–water partition coefficient (Wildman–Crippen LogP) is 2.72. The fraction of sp³-hybridized carbons (Fsp3) is 0.231. The second kappa shape index (κ2) is 4.82. The standard InChI is InChI=1S/C13H13NO3/c1-2-7-17-12-8-11(13(15)16)14-10-6-4-3-5-9(10)12/h3-6,8H,2,7H2,1H3,(H,15,16). The van der Waals surface area contributed by atoms with Gasteiger partial charge in [0.1, 0.15) is 5.75 Å². The number of hydrogen-bond donors (Lipinski definition) is 1. The Morgan fingerprint density at radius 2 is 2.18 bits per heavy atom. The number of aromatic nitrogens is 1. The first-order valence-corrected chi connectivity index (χ1v) is 5.48. The molecule has 1 heterocycles. The Labute approximate surface area is 98.9 Å². The maximum atomic E-state index is 11.0. The van der Waals surface area contributed by atoms with E-state index in [1.165, 1.54) is 6.07 Å². The summed E-state index contributed by atoms with van der Waals surface area (Å²) in [5.74, 6) is -0.466. The van der Waals surface area contributed by atoms with Crippen LogP contribution in [0.5, 0.6) is 5.75 Å². The molecule has 0 bridgehead atoms. The maximum absolute atomic E-state index is 11.0. The Bertz CT molecular complexity index is 551. The Morgan fingerprint density at radius 3 is 2.88 bits per heavy atom. The van der Waals surface area contributed by atoms with Gasteiger partial charge in [-0.05, 0) is 18.6 Å². The highest BCUT2D eigenvalue weighted by Gasteiger charge is 2.11. The normalized spacial score (nSPS) is 10.4. The molecule has 0 fully saturated rings. The highest BCUT2D eigenvalue weighted by molar-refractivity contribution is 5.93. The minimum atomic E-state index is -1.04. The number of nitrogens with zero attached hydrogens (tertiary/aromatic N) is 1. The fourth-order valence-corrected chi connectivity index (χ4v) is 1.58. The summed E-state index contributed by atoms with van der Waals surface area (Å²) in [4.78, 5) is 15.0. The molecule has 0 aliphatic rings. The van der Waals surface area contributed by atoms with E-state index in [9.17, 15) is 4.79 Å². The number of carboxylic acid groups (broad SMARTS) is 1. The molecule has 0 unspecified atom stereocenters. The van der Waals surface area contributed by atoms with Gasteiger partial charge in [0, 0.05) is 11.5 Å². The molecule has 0 saturated carbocycles. The van der Waals surface area contributed by atoms with Crippen LogP contribution in [-0.2, 0) is 0 Å². The van der Waals surface area contributed by atoms with Crippen LogP contribution in [0.15, 0.2) is 30.3 Å². The number of benzene rings is 1. The third kappa shape index (κ3) is 2.36. The van der Waals surface area contributed by atoms with Crippen molar-refractivity contribution in [1.29, 1.82) is 0 Å². The smallest absolute Gasteiger partial charge is 0.354 e. The zero-order chi connectivity index (χ0) is 12.3. The number of fused-ring (bicyclic) bond motifs is 1. The van der Waals surface area contributed by atoms with E-state index in [0.29, 0.717) is 17.9 Å². The average Bonchev–Trinajstić information content (AvgIpc) is 2.35. The van der Waals surface area contributed by atoms with Gasteiger partial charge in [-0.3, -0.25) is 0 Å². The van der Waals surface area contributed by atoms with Gasteiger partial charge in [0.25, 0.3) is 0 Å². The Morgan fingerprint density at radius 1 is 1.41 bits per heavy atom. The van der Waals surface area contributed by atoms with Gasteiger partial charge in [-0.1, -0.05) is 19.1 Å². The molecule has 0 saturated heterocycles. The molecule has 4 nitrogen and oxygen atoms in total. The monoisotopic (exact) mass is 231 g/mol. The molecular formula is C13H13NO3. The van der Waals surface area contributed by atoms with Gasteiger partial charge in [0.05, 0.1) is 12.1 Å². The van der Waals surface area contributed by atoms with Gasteiger partial charge in [-0.15, -0.1) is 0 Å². The molecule has 0 spiro atoms. The lowest BCUT2D eigenvalue weighted by atomic mass is 10.2. The number of carbonyl (C=O) groups is 1. The zero-order valence-electron chi connectivity index (χ0n) is 9.51. The van der Waals surface area contributed by atoms with Gasteiger partial charge in [0.15, 0.2) is 5.69 Å². The van der Waals surface area contributed by atoms with Crippen molar-refractivity contribution in [3.8, 4) is 5.75 Å². The Hall–Kier alpha value is -2.10. The number of aromatic carboxylic acids is 1. The van der Waals surface area contributed by atoms with Crippen LogP contribution in [0.2, 0.25) is 0 Å². The molecule has 1 aromatic heterocycles. The summed E-state index contributed by atoms with van der Waals surface area (Å²) in [6, 6.07) is 8.83. The molecule has 1 aromatic carbocycles. The number of para-hydroxylation sites is 1. The van der Waals surface area contributed by atoms with E-state index in [2.05, 4.69) is 4.98 Å². The SMILES string of the molecule is CCCOc1cc(C(=O)O)nc2ccccc12. The van der Waals surface area contributed by atoms with Crippen molar-refractivity contribution in [2.24, 2.45) is 0 Å². The Kier molecular flexibility index (Phi) is 3.23. The molecule has 0 atom stereocenters. The van der Waals surface area contributed by atoms with Gasteiger partial charge >= 0.3 is 5.97 Å². The van der Waals surface area contributed by atoms with Gasteiger partial charge in [-0.2, -0.15) is 0 Å². The summed E-state index contributed by atoms with van der Waals surface area (Å²) in [5, 5.41) is 9.81. The van der Waals surface area contributed by atoms with Crippen LogP contribution in [0.4, 0.5) is 0 Å². The number of pyridine rings is 1. The summed E-state index contributed by atoms with van der Waals surface area (Å²) in [6.07, 6.45) is 0.874. The van der Waals surface area contributed by atoms with Crippen molar-refractivity contribution in [2.75, 3.05) is 6.61 Å². The number of carboxylic acids is 1. The van der Waals surface area contributed by atoms with Crippen molar-refractivity contribution >= 4 is 16.9 Å². The molecule has 1 N–H and O–H groups in total. The van der Waals surface area contributed by atoms with Crippen LogP contribution in [0, 0.1) is 0 Å². The highest BCUT2D eigenvalue weighted by atomic mass is 16.5. The molecule has 4 heteroatoms. The van der Waals surface area contributed by atoms with Crippen molar-refractivity contribution in [3.63, 3.8) is 0 Å². The Balaban J connectivity index is 2.56. The molecule has 2 aromatic rings. The predicted molar refractivity (Wildman–Crippen MR) is 64.5 cm³/mol. The summed E-state index contributed by atoms with van der Waals surface area (Å²) in [5.41, 5.74) is 0.647. The van der Waals surface area contributed by atoms with E-state index in [4.69, 9.17) is 9.84 Å². The van der Waals surface area contributed by atoms with Crippen molar-refractivity contribution in [1.82, 2.24) is 4.98 Å². The van der Waals surface area contributed by atoms with E-state index in [1.807, 2.05) is 25.1 Å². The first kappa shape index (κ1) is 11.4. The quantitative estimate of drug-likeness (QED) is 0.878. The third-order valence-corrected chi connectivity index (χ3v) is 2.36. The summed E-state index contributed by atoms with van der Waals surface area (Å²) in [6.45, 7) is 2.56. The molecule has 88 valence electrons. The third-order valence-electron chi connectivity index (χ3n) is 2.36. The highest BCUT2D eigenvalue weighted by Crippen LogP contribution is 2.25. The zero-order valence-corrected chi connectivity index (χ0v) is 9.51. The molecule has 17 heavy (non-hydrogen) atoms. The lowest BCUT2D eigenvalue weighted by Crippen LogP contribution is -2.03. The van der Waals surface area contributed by atoms with E-state index >= 15 is 0 Å². The second-order valence-corrected chi connectivity index (χ2v) is 3.68. The van der Waals surface area contributed by atoms with E-state index in [1.54, 1.807) is 6.07 Å². The van der Waals surface area contributed by atoms with Gasteiger partial charge in [0.2, 0.25) is 0 Å². The lowest BCUT2D eigenvalue weighted by molar-refractivity contribution is 0.0690. The van der Waals surface area contributed by atoms with Gasteiger partial charge in [-0.25, -0.2) is 9.78 Å². The van der Waals surface area contributed by atoms with Crippen LogP contribution in [-0.4, -0.2) is 22.7 Å². The lowest BCUT2D eigenvalue weighted by Gasteiger charge is -2.09. The number of hydrogen-bond acceptors (Lipinski definition) is 3. The van der Waals surface area contributed by atoms with Crippen molar-refractivity contribution < 1.29 is 14.6 Å². The van der Waals surface area contributed by atoms with Crippen LogP contribution >= 0.6 is 0 Å². The van der Waals surface area contributed by atoms with Crippen LogP contribution in [0.25, 0.3) is 10.9 Å². The van der Waals surface area contributed by atoms with E-state index < -0.39 is 5.97 Å². The topological polar surface area (TPSA) is 59.4 Å². The minimum absolute atomic E-state index is 0.00908. The molecule has 0 radical (unpaired) electrons. The fourth-order valence-electron chi connectivity index (χ4n) is 1.58. The van der Waals surface area contributed by atoms with Gasteiger partial charge < -0.3 is 9.84 Å². The van der Waals surface area contributed by atoms with Crippen LogP contribution < -0.4 is 4.74 Å². The largest absolute Gasteiger partial charge is 0.493 e. The average molecular weight is 231 g/mol. The first-order chi connectivity index (χ1) is 8.22. The second-order valence-electron chi connectivity index (χ2n) is 3.68. The summed E-state index contributed by atoms with van der Waals surface area (Å²) in [7, 11) is 0. The molecule has 0 aliphatic carbocycles. The summed E-state index contributed by atoms with van der Waals surface area (Å²) < 4.78 is 5.56. The minimum Gasteiger partial charge on any atom is -0.493 e. The first-order valence-electron chi connectivity index (χ1n) is 5.48. The van der Waals surface area contributed by atoms with Crippen molar-refractivity contribution in [2.45, 2.75) is 13.3 Å².